The van der Waals surface area contributed by atoms with E-state index in [4.69, 9.17) is 4.74 Å². The van der Waals surface area contributed by atoms with E-state index in [2.05, 4.69) is 39.1 Å². The number of rotatable bonds is 0. The first-order valence-corrected chi connectivity index (χ1v) is 14.5. The number of allylic oxidation sites excluding steroid dienone is 1. The first-order chi connectivity index (χ1) is 17.8. The fourth-order valence-electron chi connectivity index (χ4n) is 11.1. The quantitative estimate of drug-likeness (QED) is 0.355. The van der Waals surface area contributed by atoms with Crippen molar-refractivity contribution in [2.45, 2.75) is 84.7 Å². The van der Waals surface area contributed by atoms with Crippen molar-refractivity contribution in [2.75, 3.05) is 0 Å². The highest BCUT2D eigenvalue weighted by molar-refractivity contribution is 6.10. The van der Waals surface area contributed by atoms with Gasteiger partial charge in [-0.1, -0.05) is 51.5 Å². The number of hydrogen-bond acceptors (Lipinski definition) is 5. The van der Waals surface area contributed by atoms with E-state index in [-0.39, 0.29) is 54.3 Å². The van der Waals surface area contributed by atoms with E-state index < -0.39 is 34.5 Å². The number of aliphatic hydroxyl groups is 2. The van der Waals surface area contributed by atoms with E-state index in [0.717, 1.165) is 24.2 Å². The molecule has 0 aromatic heterocycles. The number of Topliss-reactive ketones (excluding diaryl/α,β-unsaturated/α-hetero) is 1. The molecule has 0 radical (unpaired) electrons. The highest BCUT2D eigenvalue weighted by Crippen LogP contribution is 2.70. The lowest BCUT2D eigenvalue weighted by molar-refractivity contribution is -0.167. The number of aliphatic hydroxyl groups excluding tert-OH is 1. The zero-order chi connectivity index (χ0) is 27.0. The van der Waals surface area contributed by atoms with Gasteiger partial charge in [0.15, 0.2) is 5.78 Å². The van der Waals surface area contributed by atoms with E-state index in [1.807, 2.05) is 31.2 Å². The van der Waals surface area contributed by atoms with Crippen LogP contribution < -0.4 is 10.1 Å². The molecular formula is C32H41NO5. The average Bonchev–Trinajstić information content (AvgIpc) is 3.21. The molecule has 3 aliphatic heterocycles. The molecule has 5 bridgehead atoms. The van der Waals surface area contributed by atoms with Crippen LogP contribution in [0.3, 0.4) is 0 Å². The number of benzene rings is 1. The van der Waals surface area contributed by atoms with Gasteiger partial charge in [-0.05, 0) is 67.1 Å². The van der Waals surface area contributed by atoms with Crippen LogP contribution in [-0.2, 0) is 16.0 Å². The van der Waals surface area contributed by atoms with Gasteiger partial charge in [0, 0.05) is 36.0 Å². The van der Waals surface area contributed by atoms with Crippen LogP contribution in [0.2, 0.25) is 0 Å². The number of fused-ring (bicyclic) bond motifs is 4. The molecule has 6 nitrogen and oxygen atoms in total. The Labute approximate surface area is 225 Å². The molecule has 7 aliphatic rings. The van der Waals surface area contributed by atoms with Gasteiger partial charge in [-0.2, -0.15) is 0 Å². The van der Waals surface area contributed by atoms with E-state index in [0.29, 0.717) is 11.8 Å². The maximum atomic E-state index is 14.9. The molecule has 38 heavy (non-hydrogen) atoms. The maximum absolute atomic E-state index is 14.9. The second kappa shape index (κ2) is 7.51. The summed E-state index contributed by atoms with van der Waals surface area (Å²) in [5.41, 5.74) is -1.71. The molecule has 0 unspecified atom stereocenters. The standard InChI is InChI=1S/C32H41NO5/c1-16-10-17(2)24-26-22-23(30(24,5)11-16)18(3)12-29(4)21(34)14-31(27(35)25(22)29)15-32(37,33-28(31)36)13-19-6-8-20(38-26)9-7-19/h6-9,12,16-17,21-26,34,37H,10-11,13-15H2,1-5H3,(H,33,36)/t16-,17+,21+,22+,23-,24+,25+,26+,29-,30+,31+,32-/m1/s1. The monoisotopic (exact) mass is 519 g/mol. The van der Waals surface area contributed by atoms with Gasteiger partial charge in [0.1, 0.15) is 23.0 Å². The number of ether oxygens (including phenoxy) is 1. The molecular weight excluding hydrogens is 478 g/mol. The smallest absolute Gasteiger partial charge is 0.236 e. The number of hydrogen-bond donors (Lipinski definition) is 3. The van der Waals surface area contributed by atoms with Crippen LogP contribution in [0, 0.1) is 51.8 Å². The van der Waals surface area contributed by atoms with Gasteiger partial charge in [0.2, 0.25) is 5.91 Å². The number of carbonyl (C=O) groups is 2. The minimum absolute atomic E-state index is 0.0111. The average molecular weight is 520 g/mol. The maximum Gasteiger partial charge on any atom is 0.236 e. The third-order valence-corrected chi connectivity index (χ3v) is 11.9. The summed E-state index contributed by atoms with van der Waals surface area (Å²) in [6, 6.07) is 7.85. The van der Waals surface area contributed by atoms with Crippen molar-refractivity contribution in [3.63, 3.8) is 0 Å². The van der Waals surface area contributed by atoms with E-state index in [1.165, 1.54) is 5.57 Å². The van der Waals surface area contributed by atoms with E-state index >= 15 is 0 Å². The second-order valence-corrected chi connectivity index (χ2v) is 14.6. The predicted molar refractivity (Wildman–Crippen MR) is 142 cm³/mol. The third kappa shape index (κ3) is 2.97. The first kappa shape index (κ1) is 24.8. The van der Waals surface area contributed by atoms with E-state index in [1.54, 1.807) is 0 Å². The zero-order valence-corrected chi connectivity index (χ0v) is 23.2. The van der Waals surface area contributed by atoms with Crippen LogP contribution in [0.5, 0.6) is 5.75 Å². The summed E-state index contributed by atoms with van der Waals surface area (Å²) >= 11 is 0. The lowest BCUT2D eigenvalue weighted by Crippen LogP contribution is -2.63. The molecule has 1 amide bonds. The fourth-order valence-corrected chi connectivity index (χ4v) is 11.1. The Balaban J connectivity index is 1.49. The molecule has 6 heteroatoms. The van der Waals surface area contributed by atoms with Crippen molar-refractivity contribution in [3.8, 4) is 5.75 Å². The molecule has 1 spiro atoms. The molecule has 8 rings (SSSR count). The SMILES string of the molecule is CC1=C[C@@]2(C)[C@@H]3C(=O)[C@]4(C[C@@H]2O)C[C@](O)(Cc2ccc(cc2)O[C@H]2[C@H]3[C@@H]1[C@]1(C)C[C@H](C)C[C@H](C)[C@@H]21)NC4=O. The van der Waals surface area contributed by atoms with Crippen molar-refractivity contribution in [1.82, 2.24) is 5.32 Å². The molecule has 1 saturated heterocycles. The molecule has 3 saturated carbocycles. The highest BCUT2D eigenvalue weighted by atomic mass is 16.5. The Morgan fingerprint density at radius 2 is 1.76 bits per heavy atom. The number of ketones is 1. The van der Waals surface area contributed by atoms with Crippen LogP contribution in [0.25, 0.3) is 0 Å². The van der Waals surface area contributed by atoms with Crippen molar-refractivity contribution in [1.29, 1.82) is 0 Å². The summed E-state index contributed by atoms with van der Waals surface area (Å²) in [6.45, 7) is 11.3. The number of carbonyl (C=O) groups excluding carboxylic acids is 2. The van der Waals surface area contributed by atoms with Gasteiger partial charge in [0.25, 0.3) is 0 Å². The Kier molecular flexibility index (Phi) is 4.91. The zero-order valence-electron chi connectivity index (χ0n) is 23.2. The lowest BCUT2D eigenvalue weighted by atomic mass is 9.47. The van der Waals surface area contributed by atoms with Gasteiger partial charge in [-0.25, -0.2) is 0 Å². The largest absolute Gasteiger partial charge is 0.490 e. The van der Waals surface area contributed by atoms with Gasteiger partial charge >= 0.3 is 0 Å². The minimum Gasteiger partial charge on any atom is -0.490 e. The molecule has 3 N–H and O–H groups in total. The Bertz CT molecular complexity index is 1260. The second-order valence-electron chi connectivity index (χ2n) is 14.6. The van der Waals surface area contributed by atoms with Crippen molar-refractivity contribution in [2.24, 2.45) is 51.8 Å². The first-order valence-electron chi connectivity index (χ1n) is 14.5. The van der Waals surface area contributed by atoms with Gasteiger partial charge in [0.05, 0.1) is 6.10 Å². The van der Waals surface area contributed by atoms with Gasteiger partial charge in [-0.3, -0.25) is 9.59 Å². The van der Waals surface area contributed by atoms with E-state index in [9.17, 15) is 19.8 Å². The van der Waals surface area contributed by atoms with Crippen molar-refractivity contribution < 1.29 is 24.5 Å². The van der Waals surface area contributed by atoms with Crippen molar-refractivity contribution in [3.05, 3.63) is 41.5 Å². The Morgan fingerprint density at radius 1 is 1.05 bits per heavy atom. The molecule has 4 fully saturated rings. The lowest BCUT2D eigenvalue weighted by Gasteiger charge is -2.56. The summed E-state index contributed by atoms with van der Waals surface area (Å²) in [5.74, 6) is 0.870. The number of amides is 1. The molecule has 1 aromatic rings. The van der Waals surface area contributed by atoms with Crippen LogP contribution in [0.15, 0.2) is 35.9 Å². The summed E-state index contributed by atoms with van der Waals surface area (Å²) in [5, 5.41) is 26.2. The summed E-state index contributed by atoms with van der Waals surface area (Å²) < 4.78 is 6.97. The topological polar surface area (TPSA) is 95.9 Å². The van der Waals surface area contributed by atoms with Crippen LogP contribution in [0.1, 0.15) is 65.9 Å². The Morgan fingerprint density at radius 3 is 2.47 bits per heavy atom. The summed E-state index contributed by atoms with van der Waals surface area (Å²) in [7, 11) is 0. The van der Waals surface area contributed by atoms with Crippen molar-refractivity contribution >= 4 is 11.7 Å². The molecule has 12 atom stereocenters. The van der Waals surface area contributed by atoms with Crippen LogP contribution in [0.4, 0.5) is 0 Å². The van der Waals surface area contributed by atoms with Crippen LogP contribution >= 0.6 is 0 Å². The predicted octanol–water partition coefficient (Wildman–Crippen LogP) is 4.04. The normalized spacial score (nSPS) is 52.7. The van der Waals surface area contributed by atoms with Gasteiger partial charge < -0.3 is 20.3 Å². The molecule has 1 aromatic carbocycles. The summed E-state index contributed by atoms with van der Waals surface area (Å²) in [6.07, 6.45) is 3.51. The molecule has 204 valence electrons. The molecule has 3 heterocycles. The third-order valence-electron chi connectivity index (χ3n) is 11.9. The fraction of sp³-hybridized carbons (Fsp3) is 0.688. The summed E-state index contributed by atoms with van der Waals surface area (Å²) in [4.78, 5) is 28.6. The number of nitrogens with one attached hydrogen (secondary N) is 1. The minimum atomic E-state index is -1.53. The molecule has 4 aliphatic carbocycles. The van der Waals surface area contributed by atoms with Gasteiger partial charge in [-0.15, -0.1) is 0 Å². The highest BCUT2D eigenvalue weighted by Gasteiger charge is 2.74. The Hall–Kier alpha value is -2.18. The van der Waals surface area contributed by atoms with Crippen LogP contribution in [-0.4, -0.2) is 39.8 Å².